The van der Waals surface area contributed by atoms with Crippen molar-refractivity contribution in [1.82, 2.24) is 4.90 Å². The number of benzene rings is 2. The van der Waals surface area contributed by atoms with Crippen LogP contribution in [0.4, 0.5) is 0 Å². The van der Waals surface area contributed by atoms with Crippen molar-refractivity contribution in [3.05, 3.63) is 69.2 Å². The second kappa shape index (κ2) is 8.21. The van der Waals surface area contributed by atoms with E-state index < -0.39 is 21.5 Å². The second-order valence-electron chi connectivity index (χ2n) is 6.02. The van der Waals surface area contributed by atoms with Crippen molar-refractivity contribution >= 4 is 38.9 Å². The van der Waals surface area contributed by atoms with E-state index in [0.29, 0.717) is 17.1 Å². The van der Waals surface area contributed by atoms with E-state index in [0.717, 1.165) is 11.1 Å². The highest BCUT2D eigenvalue weighted by Gasteiger charge is 2.20. The normalized spacial score (nSPS) is 11.4. The van der Waals surface area contributed by atoms with Crippen molar-refractivity contribution < 1.29 is 13.2 Å². The maximum absolute atomic E-state index is 12.3. The van der Waals surface area contributed by atoms with Gasteiger partial charge in [-0.15, -0.1) is 0 Å². The monoisotopic (exact) mass is 399 g/mol. The van der Waals surface area contributed by atoms with Gasteiger partial charge in [0.15, 0.2) is 9.84 Å². The molecule has 0 aromatic heterocycles. The molecular weight excluding hydrogens is 381 g/mol. The Bertz CT molecular complexity index is 864. The molecule has 134 valence electrons. The Morgan fingerprint density at radius 2 is 1.60 bits per heavy atom. The van der Waals surface area contributed by atoms with Crippen molar-refractivity contribution in [3.8, 4) is 0 Å². The molecule has 0 saturated carbocycles. The van der Waals surface area contributed by atoms with E-state index in [2.05, 4.69) is 0 Å². The Morgan fingerprint density at radius 3 is 2.20 bits per heavy atom. The molecule has 0 unspecified atom stereocenters. The van der Waals surface area contributed by atoms with Crippen LogP contribution in [0, 0.1) is 6.92 Å². The van der Waals surface area contributed by atoms with Crippen LogP contribution in [-0.2, 0) is 26.9 Å². The van der Waals surface area contributed by atoms with Crippen molar-refractivity contribution in [3.63, 3.8) is 0 Å². The molecule has 1 amide bonds. The minimum Gasteiger partial charge on any atom is -0.341 e. The lowest BCUT2D eigenvalue weighted by atomic mass is 10.1. The van der Waals surface area contributed by atoms with E-state index >= 15 is 0 Å². The number of rotatable bonds is 6. The molecule has 0 atom stereocenters. The van der Waals surface area contributed by atoms with Crippen molar-refractivity contribution in [1.29, 1.82) is 0 Å². The maximum Gasteiger partial charge on any atom is 0.237 e. The number of aryl methyl sites for hydroxylation is 1. The summed E-state index contributed by atoms with van der Waals surface area (Å²) in [6.07, 6.45) is 0. The summed E-state index contributed by atoms with van der Waals surface area (Å²) in [5.74, 6) is -1.25. The fourth-order valence-corrected chi connectivity index (χ4v) is 4.00. The van der Waals surface area contributed by atoms with E-state index in [1.165, 1.54) is 11.0 Å². The molecular formula is C18H19Cl2NO3S. The summed E-state index contributed by atoms with van der Waals surface area (Å²) >= 11 is 11.7. The van der Waals surface area contributed by atoms with Crippen LogP contribution in [0.15, 0.2) is 42.5 Å². The van der Waals surface area contributed by atoms with Crippen molar-refractivity contribution in [2.75, 3.05) is 12.8 Å². The van der Waals surface area contributed by atoms with Gasteiger partial charge in [0.05, 0.1) is 15.8 Å². The number of sulfone groups is 1. The van der Waals surface area contributed by atoms with Crippen LogP contribution in [0.1, 0.15) is 16.7 Å². The van der Waals surface area contributed by atoms with Crippen LogP contribution in [0.2, 0.25) is 10.0 Å². The highest BCUT2D eigenvalue weighted by Crippen LogP contribution is 2.23. The molecule has 0 aliphatic heterocycles. The van der Waals surface area contributed by atoms with Gasteiger partial charge < -0.3 is 4.90 Å². The average molecular weight is 400 g/mol. The van der Waals surface area contributed by atoms with Crippen LogP contribution in [0.25, 0.3) is 0 Å². The molecule has 0 aliphatic rings. The Labute approximate surface area is 158 Å². The first-order valence-corrected chi connectivity index (χ1v) is 10.2. The van der Waals surface area contributed by atoms with Crippen LogP contribution in [0.5, 0.6) is 0 Å². The van der Waals surface area contributed by atoms with Gasteiger partial charge in [-0.3, -0.25) is 4.79 Å². The third kappa shape index (κ3) is 6.03. The number of hydrogen-bond donors (Lipinski definition) is 0. The van der Waals surface area contributed by atoms with Crippen molar-refractivity contribution in [2.45, 2.75) is 19.2 Å². The van der Waals surface area contributed by atoms with Crippen molar-refractivity contribution in [2.24, 2.45) is 0 Å². The zero-order chi connectivity index (χ0) is 18.6. The molecule has 2 aromatic carbocycles. The third-order valence-corrected chi connectivity index (χ3v) is 5.88. The molecule has 2 aromatic rings. The molecule has 0 heterocycles. The van der Waals surface area contributed by atoms with Gasteiger partial charge in [-0.2, -0.15) is 0 Å². The summed E-state index contributed by atoms with van der Waals surface area (Å²) in [4.78, 5) is 13.7. The molecule has 0 aliphatic carbocycles. The van der Waals surface area contributed by atoms with Crippen LogP contribution in [0.3, 0.4) is 0 Å². The number of carbonyl (C=O) groups is 1. The summed E-state index contributed by atoms with van der Waals surface area (Å²) in [6, 6.07) is 12.4. The summed E-state index contributed by atoms with van der Waals surface area (Å²) in [7, 11) is -2.01. The first-order chi connectivity index (χ1) is 11.7. The lowest BCUT2D eigenvalue weighted by Gasteiger charge is -2.17. The fourth-order valence-electron chi connectivity index (χ4n) is 2.29. The quantitative estimate of drug-likeness (QED) is 0.740. The molecule has 0 radical (unpaired) electrons. The summed E-state index contributed by atoms with van der Waals surface area (Å²) < 4.78 is 24.6. The molecule has 0 N–H and O–H groups in total. The summed E-state index contributed by atoms with van der Waals surface area (Å²) in [5.41, 5.74) is 2.58. The number of carbonyl (C=O) groups excluding carboxylic acids is 1. The van der Waals surface area contributed by atoms with E-state index in [4.69, 9.17) is 23.2 Å². The second-order valence-corrected chi connectivity index (χ2v) is 8.89. The summed E-state index contributed by atoms with van der Waals surface area (Å²) in [6.45, 7) is 2.34. The highest BCUT2D eigenvalue weighted by molar-refractivity contribution is 7.91. The highest BCUT2D eigenvalue weighted by atomic mass is 35.5. The lowest BCUT2D eigenvalue weighted by molar-refractivity contribution is -0.127. The average Bonchev–Trinajstić information content (AvgIpc) is 2.52. The van der Waals surface area contributed by atoms with Gasteiger partial charge >= 0.3 is 0 Å². The first kappa shape index (κ1) is 19.8. The van der Waals surface area contributed by atoms with Gasteiger partial charge in [0.1, 0.15) is 5.75 Å². The zero-order valence-electron chi connectivity index (χ0n) is 14.0. The SMILES string of the molecule is Cc1ccc(CN(C)C(=O)CS(=O)(=O)Cc2ccc(Cl)c(Cl)c2)cc1. The Balaban J connectivity index is 1.99. The van der Waals surface area contributed by atoms with Gasteiger partial charge in [0.2, 0.25) is 5.91 Å². The number of amides is 1. The van der Waals surface area contributed by atoms with Gasteiger partial charge in [0, 0.05) is 13.6 Å². The van der Waals surface area contributed by atoms with Crippen LogP contribution in [-0.4, -0.2) is 32.0 Å². The molecule has 0 saturated heterocycles. The molecule has 0 spiro atoms. The predicted octanol–water partition coefficient (Wildman–Crippen LogP) is 3.88. The fraction of sp³-hybridized carbons (Fsp3) is 0.278. The van der Waals surface area contributed by atoms with E-state index in [1.807, 2.05) is 31.2 Å². The Hall–Kier alpha value is -1.56. The van der Waals surface area contributed by atoms with Crippen LogP contribution >= 0.6 is 23.2 Å². The van der Waals surface area contributed by atoms with E-state index in [-0.39, 0.29) is 10.8 Å². The topological polar surface area (TPSA) is 54.5 Å². The Kier molecular flexibility index (Phi) is 6.49. The van der Waals surface area contributed by atoms with Gasteiger partial charge in [-0.05, 0) is 30.2 Å². The minimum atomic E-state index is -3.60. The zero-order valence-corrected chi connectivity index (χ0v) is 16.3. The first-order valence-electron chi connectivity index (χ1n) is 7.60. The molecule has 0 fully saturated rings. The van der Waals surface area contributed by atoms with Gasteiger partial charge in [0.25, 0.3) is 0 Å². The maximum atomic E-state index is 12.3. The predicted molar refractivity (Wildman–Crippen MR) is 102 cm³/mol. The van der Waals surface area contributed by atoms with E-state index in [1.54, 1.807) is 19.2 Å². The van der Waals surface area contributed by atoms with E-state index in [9.17, 15) is 13.2 Å². The third-order valence-electron chi connectivity index (χ3n) is 3.68. The number of halogens is 2. The largest absolute Gasteiger partial charge is 0.341 e. The molecule has 2 rings (SSSR count). The molecule has 4 nitrogen and oxygen atoms in total. The number of hydrogen-bond acceptors (Lipinski definition) is 3. The van der Waals surface area contributed by atoms with Crippen LogP contribution < -0.4 is 0 Å². The van der Waals surface area contributed by atoms with Gasteiger partial charge in [-0.25, -0.2) is 8.42 Å². The summed E-state index contributed by atoms with van der Waals surface area (Å²) in [5, 5.41) is 0.647. The molecule has 7 heteroatoms. The molecule has 0 bridgehead atoms. The smallest absolute Gasteiger partial charge is 0.237 e. The minimum absolute atomic E-state index is 0.256. The van der Waals surface area contributed by atoms with Gasteiger partial charge in [-0.1, -0.05) is 59.1 Å². The number of nitrogens with zero attached hydrogens (tertiary/aromatic N) is 1. The molecule has 25 heavy (non-hydrogen) atoms. The Morgan fingerprint density at radius 1 is 1.00 bits per heavy atom. The standard InChI is InChI=1S/C18H19Cl2NO3S/c1-13-3-5-14(6-4-13)10-21(2)18(22)12-25(23,24)11-15-7-8-16(19)17(20)9-15/h3-9H,10-12H2,1-2H3. The lowest BCUT2D eigenvalue weighted by Crippen LogP contribution is -2.32.